The second-order valence-corrected chi connectivity index (χ2v) is 6.27. The highest BCUT2D eigenvalue weighted by Gasteiger charge is 2.07. The molecule has 4 nitrogen and oxygen atoms in total. The Labute approximate surface area is 118 Å². The lowest BCUT2D eigenvalue weighted by Crippen LogP contribution is -2.13. The second kappa shape index (κ2) is 6.17. The van der Waals surface area contributed by atoms with Crippen molar-refractivity contribution in [2.24, 2.45) is 0 Å². The summed E-state index contributed by atoms with van der Waals surface area (Å²) in [6, 6.07) is 7.05. The molecule has 0 unspecified atom stereocenters. The topological polar surface area (TPSA) is 54.9 Å². The first kappa shape index (κ1) is 13.3. The number of aromatic nitrogens is 2. The van der Waals surface area contributed by atoms with Crippen LogP contribution in [0.25, 0.3) is 0 Å². The molecular weight excluding hydrogens is 290 g/mol. The molecule has 2 rings (SSSR count). The zero-order valence-electron chi connectivity index (χ0n) is 9.51. The van der Waals surface area contributed by atoms with Crippen LogP contribution in [0.15, 0.2) is 28.6 Å². The van der Waals surface area contributed by atoms with Crippen LogP contribution in [-0.4, -0.2) is 21.9 Å². The lowest BCUT2D eigenvalue weighted by Gasteiger charge is -2.04. The quantitative estimate of drug-likeness (QED) is 0.881. The Kier molecular flexibility index (Phi) is 4.57. The number of hydrogen-bond acceptors (Lipinski definition) is 5. The van der Waals surface area contributed by atoms with Crippen molar-refractivity contribution in [2.45, 2.75) is 11.3 Å². The lowest BCUT2D eigenvalue weighted by atomic mass is 10.3. The molecule has 0 radical (unpaired) electrons. The Morgan fingerprint density at radius 3 is 3.00 bits per heavy atom. The SMILES string of the molecule is Cc1nnc(SCC(=O)Nc2cccc(Cl)c2)s1. The molecule has 0 saturated heterocycles. The van der Waals surface area contributed by atoms with Gasteiger partial charge in [-0.05, 0) is 25.1 Å². The summed E-state index contributed by atoms with van der Waals surface area (Å²) >= 11 is 8.68. The van der Waals surface area contributed by atoms with Crippen molar-refractivity contribution in [3.63, 3.8) is 0 Å². The van der Waals surface area contributed by atoms with Gasteiger partial charge in [0.2, 0.25) is 5.91 Å². The van der Waals surface area contributed by atoms with E-state index in [0.29, 0.717) is 16.5 Å². The molecule has 0 fully saturated rings. The van der Waals surface area contributed by atoms with Gasteiger partial charge >= 0.3 is 0 Å². The van der Waals surface area contributed by atoms with E-state index >= 15 is 0 Å². The number of carbonyl (C=O) groups excluding carboxylic acids is 1. The van der Waals surface area contributed by atoms with Gasteiger partial charge in [0.15, 0.2) is 4.34 Å². The number of aryl methyl sites for hydroxylation is 1. The maximum Gasteiger partial charge on any atom is 0.234 e. The summed E-state index contributed by atoms with van der Waals surface area (Å²) in [5, 5.41) is 12.1. The highest BCUT2D eigenvalue weighted by molar-refractivity contribution is 8.01. The predicted octanol–water partition coefficient (Wildman–Crippen LogP) is 3.23. The number of hydrogen-bond donors (Lipinski definition) is 1. The minimum atomic E-state index is -0.0879. The fraction of sp³-hybridized carbons (Fsp3) is 0.182. The summed E-state index contributed by atoms with van der Waals surface area (Å²) in [6.45, 7) is 1.88. The number of halogens is 1. The summed E-state index contributed by atoms with van der Waals surface area (Å²) < 4.78 is 0.800. The van der Waals surface area contributed by atoms with E-state index in [2.05, 4.69) is 15.5 Å². The average molecular weight is 300 g/mol. The molecule has 1 N–H and O–H groups in total. The highest BCUT2D eigenvalue weighted by Crippen LogP contribution is 2.22. The number of rotatable bonds is 4. The van der Waals surface area contributed by atoms with Gasteiger partial charge in [0, 0.05) is 10.7 Å². The van der Waals surface area contributed by atoms with Gasteiger partial charge in [-0.15, -0.1) is 10.2 Å². The number of anilines is 1. The van der Waals surface area contributed by atoms with E-state index in [9.17, 15) is 4.79 Å². The van der Waals surface area contributed by atoms with Gasteiger partial charge in [-0.1, -0.05) is 40.8 Å². The Morgan fingerprint density at radius 2 is 2.33 bits per heavy atom. The molecule has 0 bridgehead atoms. The van der Waals surface area contributed by atoms with Crippen LogP contribution in [0.5, 0.6) is 0 Å². The van der Waals surface area contributed by atoms with Crippen molar-refractivity contribution in [1.29, 1.82) is 0 Å². The summed E-state index contributed by atoms with van der Waals surface area (Å²) in [7, 11) is 0. The molecule has 0 aliphatic heterocycles. The first-order chi connectivity index (χ1) is 8.63. The third-order valence-electron chi connectivity index (χ3n) is 1.94. The van der Waals surface area contributed by atoms with Crippen LogP contribution < -0.4 is 5.32 Å². The lowest BCUT2D eigenvalue weighted by molar-refractivity contribution is -0.113. The van der Waals surface area contributed by atoms with E-state index < -0.39 is 0 Å². The molecule has 0 atom stereocenters. The van der Waals surface area contributed by atoms with Crippen LogP contribution in [-0.2, 0) is 4.79 Å². The molecule has 1 aromatic heterocycles. The summed E-state index contributed by atoms with van der Waals surface area (Å²) in [4.78, 5) is 11.7. The third kappa shape index (κ3) is 3.97. The van der Waals surface area contributed by atoms with Gasteiger partial charge in [0.05, 0.1) is 5.75 Å². The number of nitrogens with one attached hydrogen (secondary N) is 1. The Balaban J connectivity index is 1.85. The predicted molar refractivity (Wildman–Crippen MR) is 75.5 cm³/mol. The minimum absolute atomic E-state index is 0.0879. The fourth-order valence-corrected chi connectivity index (χ4v) is 3.03. The molecule has 2 aromatic rings. The first-order valence-electron chi connectivity index (χ1n) is 5.12. The van der Waals surface area contributed by atoms with Gasteiger partial charge in [0.1, 0.15) is 5.01 Å². The summed E-state index contributed by atoms with van der Waals surface area (Å²) in [5.41, 5.74) is 0.696. The van der Waals surface area contributed by atoms with Crippen molar-refractivity contribution >= 4 is 46.3 Å². The third-order valence-corrected chi connectivity index (χ3v) is 4.15. The fourth-order valence-electron chi connectivity index (χ4n) is 1.23. The molecule has 0 aliphatic carbocycles. The number of benzene rings is 1. The molecule has 0 spiro atoms. The van der Waals surface area contributed by atoms with Crippen LogP contribution >= 0.6 is 34.7 Å². The van der Waals surface area contributed by atoms with E-state index in [-0.39, 0.29) is 5.91 Å². The molecular formula is C11H10ClN3OS2. The molecule has 18 heavy (non-hydrogen) atoms. The van der Waals surface area contributed by atoms with Crippen LogP contribution in [0.4, 0.5) is 5.69 Å². The Bertz CT molecular complexity index is 559. The van der Waals surface area contributed by atoms with Gasteiger partial charge in [-0.3, -0.25) is 4.79 Å². The van der Waals surface area contributed by atoms with Crippen molar-refractivity contribution in [1.82, 2.24) is 10.2 Å². The largest absolute Gasteiger partial charge is 0.325 e. The molecule has 94 valence electrons. The second-order valence-electron chi connectivity index (χ2n) is 3.43. The van der Waals surface area contributed by atoms with Crippen molar-refractivity contribution in [3.05, 3.63) is 34.3 Å². The molecule has 1 aromatic carbocycles. The average Bonchev–Trinajstić information content (AvgIpc) is 2.73. The van der Waals surface area contributed by atoms with E-state index in [1.807, 2.05) is 6.92 Å². The van der Waals surface area contributed by atoms with Crippen LogP contribution in [0.1, 0.15) is 5.01 Å². The molecule has 1 heterocycles. The van der Waals surface area contributed by atoms with Gasteiger partial charge in [-0.25, -0.2) is 0 Å². The van der Waals surface area contributed by atoms with Gasteiger partial charge in [-0.2, -0.15) is 0 Å². The first-order valence-corrected chi connectivity index (χ1v) is 7.30. The van der Waals surface area contributed by atoms with Gasteiger partial charge < -0.3 is 5.32 Å². The Hall–Kier alpha value is -1.11. The van der Waals surface area contributed by atoms with Crippen LogP contribution in [0, 0.1) is 6.92 Å². The molecule has 0 aliphatic rings. The zero-order valence-corrected chi connectivity index (χ0v) is 11.9. The van der Waals surface area contributed by atoms with Crippen molar-refractivity contribution in [3.8, 4) is 0 Å². The van der Waals surface area contributed by atoms with E-state index in [0.717, 1.165) is 9.35 Å². The van der Waals surface area contributed by atoms with E-state index in [1.54, 1.807) is 24.3 Å². The molecule has 7 heteroatoms. The minimum Gasteiger partial charge on any atom is -0.325 e. The summed E-state index contributed by atoms with van der Waals surface area (Å²) in [6.07, 6.45) is 0. The normalized spacial score (nSPS) is 10.3. The number of thioether (sulfide) groups is 1. The monoisotopic (exact) mass is 299 g/mol. The van der Waals surface area contributed by atoms with Gasteiger partial charge in [0.25, 0.3) is 0 Å². The highest BCUT2D eigenvalue weighted by atomic mass is 35.5. The van der Waals surface area contributed by atoms with E-state index in [4.69, 9.17) is 11.6 Å². The van der Waals surface area contributed by atoms with E-state index in [1.165, 1.54) is 23.1 Å². The maximum absolute atomic E-state index is 11.7. The molecule has 0 saturated carbocycles. The Morgan fingerprint density at radius 1 is 1.50 bits per heavy atom. The maximum atomic E-state index is 11.7. The zero-order chi connectivity index (χ0) is 13.0. The standard InChI is InChI=1S/C11H10ClN3OS2/c1-7-14-15-11(18-7)17-6-10(16)13-9-4-2-3-8(12)5-9/h2-5H,6H2,1H3,(H,13,16). The van der Waals surface area contributed by atoms with Crippen molar-refractivity contribution in [2.75, 3.05) is 11.1 Å². The number of nitrogens with zero attached hydrogens (tertiary/aromatic N) is 2. The van der Waals surface area contributed by atoms with Crippen LogP contribution in [0.3, 0.4) is 0 Å². The number of amides is 1. The van der Waals surface area contributed by atoms with Crippen LogP contribution in [0.2, 0.25) is 5.02 Å². The summed E-state index contributed by atoms with van der Waals surface area (Å²) in [5.74, 6) is 0.219. The molecule has 1 amide bonds. The smallest absolute Gasteiger partial charge is 0.234 e. The number of carbonyl (C=O) groups is 1. The van der Waals surface area contributed by atoms with Crippen molar-refractivity contribution < 1.29 is 4.79 Å².